The molecule has 0 unspecified atom stereocenters. The SMILES string of the molecule is O=S(=O)(c1cccnc1)N(Cc1ccc(-n2cccn2)cc1)Cc1cccc(O)c1. The van der Waals surface area contributed by atoms with Crippen LogP contribution < -0.4 is 0 Å². The molecule has 30 heavy (non-hydrogen) atoms. The fourth-order valence-corrected chi connectivity index (χ4v) is 4.49. The number of hydrogen-bond donors (Lipinski definition) is 1. The Morgan fingerprint density at radius 1 is 0.900 bits per heavy atom. The summed E-state index contributed by atoms with van der Waals surface area (Å²) in [7, 11) is -3.79. The van der Waals surface area contributed by atoms with Gasteiger partial charge in [-0.25, -0.2) is 13.1 Å². The van der Waals surface area contributed by atoms with Gasteiger partial charge in [0.05, 0.1) is 5.69 Å². The van der Waals surface area contributed by atoms with E-state index < -0.39 is 10.0 Å². The molecule has 0 atom stereocenters. The maximum absolute atomic E-state index is 13.3. The molecular weight excluding hydrogens is 400 g/mol. The summed E-state index contributed by atoms with van der Waals surface area (Å²) in [5, 5.41) is 14.0. The van der Waals surface area contributed by atoms with Crippen molar-refractivity contribution in [3.63, 3.8) is 0 Å². The van der Waals surface area contributed by atoms with Crippen LogP contribution in [0.5, 0.6) is 5.75 Å². The second kappa shape index (κ2) is 8.48. The van der Waals surface area contributed by atoms with Gasteiger partial charge in [0.1, 0.15) is 10.6 Å². The Morgan fingerprint density at radius 3 is 2.37 bits per heavy atom. The molecule has 2 heterocycles. The molecule has 0 aliphatic heterocycles. The van der Waals surface area contributed by atoms with Gasteiger partial charge in [-0.2, -0.15) is 9.40 Å². The number of phenols is 1. The van der Waals surface area contributed by atoms with Gasteiger partial charge in [-0.1, -0.05) is 24.3 Å². The molecule has 152 valence electrons. The van der Waals surface area contributed by atoms with Crippen LogP contribution in [-0.4, -0.2) is 32.6 Å². The van der Waals surface area contributed by atoms with E-state index >= 15 is 0 Å². The van der Waals surface area contributed by atoms with E-state index in [0.29, 0.717) is 5.56 Å². The molecule has 0 saturated carbocycles. The van der Waals surface area contributed by atoms with Crippen LogP contribution in [0.25, 0.3) is 5.69 Å². The lowest BCUT2D eigenvalue weighted by atomic mass is 10.2. The topological polar surface area (TPSA) is 88.3 Å². The molecule has 0 spiro atoms. The molecule has 0 saturated heterocycles. The van der Waals surface area contributed by atoms with E-state index in [1.807, 2.05) is 36.5 Å². The van der Waals surface area contributed by atoms with Crippen molar-refractivity contribution in [3.8, 4) is 11.4 Å². The minimum absolute atomic E-state index is 0.0924. The summed E-state index contributed by atoms with van der Waals surface area (Å²) >= 11 is 0. The van der Waals surface area contributed by atoms with Crippen molar-refractivity contribution >= 4 is 10.0 Å². The molecule has 2 aromatic carbocycles. The van der Waals surface area contributed by atoms with Crippen LogP contribution in [0.15, 0.2) is 96.4 Å². The first kappa shape index (κ1) is 19.8. The van der Waals surface area contributed by atoms with Gasteiger partial charge in [-0.3, -0.25) is 4.98 Å². The van der Waals surface area contributed by atoms with Crippen LogP contribution in [0.4, 0.5) is 0 Å². The van der Waals surface area contributed by atoms with E-state index in [1.165, 1.54) is 22.8 Å². The average Bonchev–Trinajstić information content (AvgIpc) is 3.29. The number of benzene rings is 2. The fourth-order valence-electron chi connectivity index (χ4n) is 3.11. The minimum atomic E-state index is -3.79. The Labute approximate surface area is 174 Å². The van der Waals surface area contributed by atoms with Crippen molar-refractivity contribution in [1.82, 2.24) is 19.1 Å². The number of aromatic nitrogens is 3. The molecule has 0 amide bonds. The largest absolute Gasteiger partial charge is 0.508 e. The molecule has 0 aliphatic rings. The van der Waals surface area contributed by atoms with Crippen LogP contribution in [0.1, 0.15) is 11.1 Å². The van der Waals surface area contributed by atoms with Gasteiger partial charge < -0.3 is 5.11 Å². The number of hydrogen-bond acceptors (Lipinski definition) is 5. The Hall–Kier alpha value is -3.49. The van der Waals surface area contributed by atoms with Crippen molar-refractivity contribution in [1.29, 1.82) is 0 Å². The number of pyridine rings is 1. The van der Waals surface area contributed by atoms with Gasteiger partial charge in [0.2, 0.25) is 10.0 Å². The molecular formula is C22H20N4O3S. The quantitative estimate of drug-likeness (QED) is 0.495. The van der Waals surface area contributed by atoms with E-state index in [4.69, 9.17) is 0 Å². The van der Waals surface area contributed by atoms with Gasteiger partial charge in [0.15, 0.2) is 0 Å². The summed E-state index contributed by atoms with van der Waals surface area (Å²) in [6.45, 7) is 0.290. The first-order chi connectivity index (χ1) is 14.5. The lowest BCUT2D eigenvalue weighted by molar-refractivity contribution is 0.399. The van der Waals surface area contributed by atoms with Crippen LogP contribution >= 0.6 is 0 Å². The summed E-state index contributed by atoms with van der Waals surface area (Å²) in [6.07, 6.45) is 6.42. The van der Waals surface area contributed by atoms with Gasteiger partial charge in [0, 0.05) is 37.9 Å². The third-order valence-corrected chi connectivity index (χ3v) is 6.38. The standard InChI is InChI=1S/C22H20N4O3S/c27-21-5-1-4-19(14-21)17-25(30(28,29)22-6-2-11-23-15-22)16-18-7-9-20(10-8-18)26-13-3-12-24-26/h1-15,27H,16-17H2. The summed E-state index contributed by atoms with van der Waals surface area (Å²) < 4.78 is 29.7. The molecule has 8 heteroatoms. The highest BCUT2D eigenvalue weighted by Gasteiger charge is 2.25. The van der Waals surface area contributed by atoms with Gasteiger partial charge in [-0.05, 0) is 53.6 Å². The maximum atomic E-state index is 13.3. The molecule has 0 fully saturated rings. The zero-order valence-corrected chi connectivity index (χ0v) is 16.9. The Morgan fingerprint density at radius 2 is 1.70 bits per heavy atom. The molecule has 4 rings (SSSR count). The highest BCUT2D eigenvalue weighted by Crippen LogP contribution is 2.22. The summed E-state index contributed by atoms with van der Waals surface area (Å²) in [5.41, 5.74) is 2.41. The molecule has 1 N–H and O–H groups in total. The zero-order chi connectivity index (χ0) is 21.0. The molecule has 0 aliphatic carbocycles. The number of sulfonamides is 1. The third kappa shape index (κ3) is 4.40. The average molecular weight is 420 g/mol. The third-order valence-electron chi connectivity index (χ3n) is 4.61. The van der Waals surface area contributed by atoms with Crippen molar-refractivity contribution in [3.05, 3.63) is 103 Å². The predicted molar refractivity (Wildman–Crippen MR) is 112 cm³/mol. The Kier molecular flexibility index (Phi) is 5.60. The van der Waals surface area contributed by atoms with E-state index in [-0.39, 0.29) is 23.7 Å². The fraction of sp³-hybridized carbons (Fsp3) is 0.0909. The van der Waals surface area contributed by atoms with Crippen molar-refractivity contribution in [2.45, 2.75) is 18.0 Å². The molecule has 0 radical (unpaired) electrons. The van der Waals surface area contributed by atoms with Gasteiger partial charge in [-0.15, -0.1) is 0 Å². The van der Waals surface area contributed by atoms with Gasteiger partial charge >= 0.3 is 0 Å². The number of nitrogens with zero attached hydrogens (tertiary/aromatic N) is 4. The van der Waals surface area contributed by atoms with E-state index in [1.54, 1.807) is 41.2 Å². The molecule has 0 bridgehead atoms. The van der Waals surface area contributed by atoms with Crippen LogP contribution in [0, 0.1) is 0 Å². The summed E-state index contributed by atoms with van der Waals surface area (Å²) in [5.74, 6) is 0.0924. The number of rotatable bonds is 7. The first-order valence-corrected chi connectivity index (χ1v) is 10.7. The predicted octanol–water partition coefficient (Wildman–Crippen LogP) is 3.36. The number of phenolic OH excluding ortho intramolecular Hbond substituents is 1. The van der Waals surface area contributed by atoms with Crippen molar-refractivity contribution in [2.24, 2.45) is 0 Å². The number of aromatic hydroxyl groups is 1. The zero-order valence-electron chi connectivity index (χ0n) is 16.0. The van der Waals surface area contributed by atoms with Crippen molar-refractivity contribution < 1.29 is 13.5 Å². The van der Waals surface area contributed by atoms with E-state index in [9.17, 15) is 13.5 Å². The lowest BCUT2D eigenvalue weighted by Gasteiger charge is -2.22. The van der Waals surface area contributed by atoms with Gasteiger partial charge in [0.25, 0.3) is 0 Å². The summed E-state index contributed by atoms with van der Waals surface area (Å²) in [4.78, 5) is 4.07. The molecule has 2 aromatic heterocycles. The van der Waals surface area contributed by atoms with E-state index in [0.717, 1.165) is 11.3 Å². The first-order valence-electron chi connectivity index (χ1n) is 9.29. The molecule has 7 nitrogen and oxygen atoms in total. The maximum Gasteiger partial charge on any atom is 0.245 e. The smallest absolute Gasteiger partial charge is 0.245 e. The van der Waals surface area contributed by atoms with Crippen LogP contribution in [0.3, 0.4) is 0 Å². The second-order valence-electron chi connectivity index (χ2n) is 6.75. The normalized spacial score (nSPS) is 11.6. The lowest BCUT2D eigenvalue weighted by Crippen LogP contribution is -2.30. The Balaban J connectivity index is 1.65. The van der Waals surface area contributed by atoms with Crippen LogP contribution in [-0.2, 0) is 23.1 Å². The van der Waals surface area contributed by atoms with Crippen LogP contribution in [0.2, 0.25) is 0 Å². The second-order valence-corrected chi connectivity index (χ2v) is 8.69. The molecule has 4 aromatic rings. The Bertz CT molecular complexity index is 1210. The van der Waals surface area contributed by atoms with E-state index in [2.05, 4.69) is 10.1 Å². The highest BCUT2D eigenvalue weighted by molar-refractivity contribution is 7.89. The highest BCUT2D eigenvalue weighted by atomic mass is 32.2. The van der Waals surface area contributed by atoms with Crippen molar-refractivity contribution in [2.75, 3.05) is 0 Å². The minimum Gasteiger partial charge on any atom is -0.508 e. The monoisotopic (exact) mass is 420 g/mol. The summed E-state index contributed by atoms with van der Waals surface area (Å²) in [6, 6.07) is 19.1.